The van der Waals surface area contributed by atoms with Gasteiger partial charge in [-0.3, -0.25) is 9.59 Å². The molecule has 0 aromatic heterocycles. The monoisotopic (exact) mass is 301 g/mol. The lowest BCUT2D eigenvalue weighted by Crippen LogP contribution is -2.55. The van der Waals surface area contributed by atoms with Gasteiger partial charge in [0.25, 0.3) is 0 Å². The van der Waals surface area contributed by atoms with Crippen molar-refractivity contribution in [2.45, 2.75) is 60.0 Å². The Bertz CT molecular complexity index is 410. The van der Waals surface area contributed by atoms with Crippen molar-refractivity contribution in [3.05, 3.63) is 0 Å². The zero-order valence-corrected chi connectivity index (χ0v) is 13.7. The summed E-state index contributed by atoms with van der Waals surface area (Å²) >= 11 is 0. The lowest BCUT2D eigenvalue weighted by Gasteiger charge is -2.25. The zero-order chi connectivity index (χ0) is 17.6. The van der Waals surface area contributed by atoms with Gasteiger partial charge in [0.2, 0.25) is 11.8 Å². The van der Waals surface area contributed by atoms with Crippen LogP contribution in [-0.2, 0) is 14.4 Å². The van der Waals surface area contributed by atoms with E-state index in [9.17, 15) is 14.4 Å². The number of rotatable bonds is 8. The lowest BCUT2D eigenvalue weighted by molar-refractivity contribution is -0.143. The lowest BCUT2D eigenvalue weighted by atomic mass is 9.99. The van der Waals surface area contributed by atoms with E-state index in [-0.39, 0.29) is 24.2 Å². The minimum absolute atomic E-state index is 0.0821. The molecule has 0 radical (unpaired) electrons. The van der Waals surface area contributed by atoms with E-state index in [4.69, 9.17) is 6.52 Å². The summed E-state index contributed by atoms with van der Waals surface area (Å²) in [4.78, 5) is 35.5. The molecule has 0 aliphatic heterocycles. The molecule has 122 valence electrons. The Morgan fingerprint density at radius 1 is 1.00 bits per heavy atom. The van der Waals surface area contributed by atoms with Crippen LogP contribution in [0.25, 0.3) is 0 Å². The van der Waals surface area contributed by atoms with Gasteiger partial charge in [0.1, 0.15) is 12.1 Å². The average molecular weight is 301 g/mol. The molecule has 0 aliphatic rings. The van der Waals surface area contributed by atoms with Crippen molar-refractivity contribution >= 4 is 17.8 Å². The molecular formula is C15H28N2O4. The minimum Gasteiger partial charge on any atom is -0.480 e. The van der Waals surface area contributed by atoms with Crippen LogP contribution >= 0.6 is 0 Å². The number of nitrogens with one attached hydrogen (secondary N) is 2. The van der Waals surface area contributed by atoms with Gasteiger partial charge in [0, 0.05) is 6.42 Å². The summed E-state index contributed by atoms with van der Waals surface area (Å²) in [6.07, 6.45) is 0.173. The third-order valence-electron chi connectivity index (χ3n) is 3.00. The van der Waals surface area contributed by atoms with Gasteiger partial charge in [0.15, 0.2) is 1.41 Å². The van der Waals surface area contributed by atoms with E-state index in [1.54, 1.807) is 27.7 Å². The van der Waals surface area contributed by atoms with Crippen LogP contribution in [0.2, 0.25) is 1.41 Å². The number of amides is 2. The molecule has 0 aliphatic carbocycles. The van der Waals surface area contributed by atoms with Crippen LogP contribution in [-0.4, -0.2) is 35.0 Å². The van der Waals surface area contributed by atoms with Crippen molar-refractivity contribution in [3.8, 4) is 0 Å². The Balaban J connectivity index is 5.12. The van der Waals surface area contributed by atoms with E-state index in [0.717, 1.165) is 0 Å². The molecule has 0 saturated carbocycles. The number of carbonyl (C=O) groups excluding carboxylic acids is 2. The van der Waals surface area contributed by atoms with Crippen LogP contribution in [0.15, 0.2) is 0 Å². The first-order valence-electron chi connectivity index (χ1n) is 7.77. The Morgan fingerprint density at radius 2 is 1.48 bits per heavy atom. The van der Waals surface area contributed by atoms with E-state index in [0.29, 0.717) is 5.31 Å². The molecule has 0 aromatic carbocycles. The number of hydrogen-bond acceptors (Lipinski definition) is 3. The van der Waals surface area contributed by atoms with Crippen LogP contribution in [0.4, 0.5) is 0 Å². The highest BCUT2D eigenvalue weighted by Crippen LogP contribution is 2.08. The third-order valence-corrected chi connectivity index (χ3v) is 3.00. The van der Waals surface area contributed by atoms with Crippen molar-refractivity contribution in [2.24, 2.45) is 17.8 Å². The van der Waals surface area contributed by atoms with Crippen LogP contribution in [0, 0.1) is 17.8 Å². The van der Waals surface area contributed by atoms with Gasteiger partial charge < -0.3 is 15.7 Å². The van der Waals surface area contributed by atoms with Crippen molar-refractivity contribution in [3.63, 3.8) is 0 Å². The van der Waals surface area contributed by atoms with Crippen molar-refractivity contribution in [1.82, 2.24) is 10.6 Å². The van der Waals surface area contributed by atoms with Gasteiger partial charge in [-0.25, -0.2) is 4.79 Å². The third kappa shape index (κ3) is 7.11. The number of aliphatic carboxylic acids is 1. The van der Waals surface area contributed by atoms with Crippen LogP contribution in [0.5, 0.6) is 0 Å². The Morgan fingerprint density at radius 3 is 1.81 bits per heavy atom. The normalized spacial score (nSPS) is 14.8. The van der Waals surface area contributed by atoms with Gasteiger partial charge >= 0.3 is 5.97 Å². The fraction of sp³-hybridized carbons (Fsp3) is 0.800. The molecule has 0 bridgehead atoms. The van der Waals surface area contributed by atoms with E-state index < -0.39 is 29.9 Å². The molecule has 0 fully saturated rings. The number of carboxylic acid groups (broad SMARTS) is 1. The Labute approximate surface area is 128 Å². The molecule has 6 heteroatoms. The summed E-state index contributed by atoms with van der Waals surface area (Å²) in [7, 11) is 0. The minimum atomic E-state index is -1.13. The van der Waals surface area contributed by atoms with Crippen LogP contribution in [0.3, 0.4) is 0 Å². The quantitative estimate of drug-likeness (QED) is 0.631. The smallest absolute Gasteiger partial charge is 0.326 e. The summed E-state index contributed by atoms with van der Waals surface area (Å²) in [6, 6.07) is -2.05. The second kappa shape index (κ2) is 8.64. The van der Waals surface area contributed by atoms with Crippen LogP contribution < -0.4 is 10.6 Å². The van der Waals surface area contributed by atoms with E-state index in [1.165, 1.54) is 0 Å². The standard InChI is InChI=1S/C15H28N2O4/c1-8(2)7-11(18)16-12(9(3)4)14(19)17-13(10(5)6)15(20)21/h8-10,12-13H,7H2,1-6H3,(H,16,18)(H,17,19)(H,20,21)/t12-,13-/m0/s1/i/hD. The second-order valence-electron chi connectivity index (χ2n) is 6.38. The largest absolute Gasteiger partial charge is 0.480 e. The van der Waals surface area contributed by atoms with Gasteiger partial charge in [-0.15, -0.1) is 0 Å². The molecule has 0 spiro atoms. The van der Waals surface area contributed by atoms with E-state index >= 15 is 0 Å². The molecule has 0 aromatic rings. The molecule has 3 N–H and O–H groups in total. The molecule has 0 unspecified atom stereocenters. The highest BCUT2D eigenvalue weighted by atomic mass is 16.4. The number of carboxylic acids is 1. The fourth-order valence-corrected chi connectivity index (χ4v) is 1.82. The highest BCUT2D eigenvalue weighted by molar-refractivity contribution is 5.90. The van der Waals surface area contributed by atoms with E-state index in [2.05, 4.69) is 5.32 Å². The number of hydrogen-bond donors (Lipinski definition) is 3. The first kappa shape index (κ1) is 17.5. The van der Waals surface area contributed by atoms with Gasteiger partial charge in [-0.1, -0.05) is 41.5 Å². The first-order valence-corrected chi connectivity index (χ1v) is 7.33. The predicted molar refractivity (Wildman–Crippen MR) is 80.6 cm³/mol. The molecule has 0 rings (SSSR count). The Hall–Kier alpha value is -1.59. The molecule has 2 atom stereocenters. The first-order chi connectivity index (χ1) is 9.98. The summed E-state index contributed by atoms with van der Waals surface area (Å²) < 4.78 is 7.92. The fourth-order valence-electron chi connectivity index (χ4n) is 1.82. The van der Waals surface area contributed by atoms with Gasteiger partial charge in [-0.2, -0.15) is 0 Å². The topological polar surface area (TPSA) is 95.5 Å². The van der Waals surface area contributed by atoms with Crippen molar-refractivity contribution < 1.29 is 20.9 Å². The SMILES string of the molecule is [2H]N(C(=O)CC(C)C)[C@H](C(=O)N[C@H](C(=O)O)C(C)C)C(C)C. The van der Waals surface area contributed by atoms with Crippen LogP contribution in [0.1, 0.15) is 48.0 Å². The Kier molecular flexibility index (Phi) is 7.19. The molecule has 2 amide bonds. The maximum Gasteiger partial charge on any atom is 0.326 e. The molecule has 0 saturated heterocycles. The van der Waals surface area contributed by atoms with Gasteiger partial charge in [-0.05, 0) is 17.8 Å². The van der Waals surface area contributed by atoms with E-state index in [1.807, 2.05) is 13.8 Å². The van der Waals surface area contributed by atoms with Crippen molar-refractivity contribution in [2.75, 3.05) is 0 Å². The number of carbonyl (C=O) groups is 3. The summed E-state index contributed by atoms with van der Waals surface area (Å²) in [5.41, 5.74) is 0. The second-order valence-corrected chi connectivity index (χ2v) is 6.38. The zero-order valence-electron chi connectivity index (χ0n) is 14.7. The summed E-state index contributed by atoms with van der Waals surface area (Å²) in [5.74, 6) is -2.69. The highest BCUT2D eigenvalue weighted by Gasteiger charge is 2.30. The average Bonchev–Trinajstić information content (AvgIpc) is 2.33. The van der Waals surface area contributed by atoms with Gasteiger partial charge in [0.05, 0.1) is 0 Å². The molecule has 0 heterocycles. The molecule has 6 nitrogen and oxygen atoms in total. The summed E-state index contributed by atoms with van der Waals surface area (Å²) in [5, 5.41) is 12.3. The molecular weight excluding hydrogens is 272 g/mol. The summed E-state index contributed by atoms with van der Waals surface area (Å²) in [6.45, 7) is 10.5. The van der Waals surface area contributed by atoms with Crippen molar-refractivity contribution in [1.29, 1.82) is 0 Å². The maximum atomic E-state index is 12.3. The molecule has 21 heavy (non-hydrogen) atoms. The predicted octanol–water partition coefficient (Wildman–Crippen LogP) is 1.40. The maximum absolute atomic E-state index is 12.3.